The van der Waals surface area contributed by atoms with Crippen molar-refractivity contribution in [3.63, 3.8) is 0 Å². The molecule has 41 heavy (non-hydrogen) atoms. The zero-order valence-electron chi connectivity index (χ0n) is 27.6. The zero-order chi connectivity index (χ0) is 29.5. The van der Waals surface area contributed by atoms with E-state index in [1.807, 2.05) is 12.1 Å². The van der Waals surface area contributed by atoms with E-state index in [0.29, 0.717) is 5.92 Å². The second kappa shape index (κ2) is 21.5. The number of hydrogen-bond acceptors (Lipinski definition) is 4. The van der Waals surface area contributed by atoms with Gasteiger partial charge in [-0.05, 0) is 59.1 Å². The minimum atomic E-state index is 0. The fourth-order valence-corrected chi connectivity index (χ4v) is 5.73. The van der Waals surface area contributed by atoms with Gasteiger partial charge in [-0.1, -0.05) is 143 Å². The van der Waals surface area contributed by atoms with E-state index in [2.05, 4.69) is 74.4 Å². The maximum absolute atomic E-state index is 10.5. The Hall–Kier alpha value is -1.16. The predicted octanol–water partition coefficient (Wildman–Crippen LogP) is 12.2. The van der Waals surface area contributed by atoms with Crippen molar-refractivity contribution in [1.82, 2.24) is 6.15 Å². The summed E-state index contributed by atoms with van der Waals surface area (Å²) in [4.78, 5) is 1.61. The second-order valence-corrected chi connectivity index (χ2v) is 13.6. The Morgan fingerprint density at radius 3 is 1.41 bits per heavy atom. The summed E-state index contributed by atoms with van der Waals surface area (Å²) in [7, 11) is 0. The van der Waals surface area contributed by atoms with Crippen molar-refractivity contribution in [2.45, 2.75) is 153 Å². The summed E-state index contributed by atoms with van der Waals surface area (Å²) in [5, 5.41) is 21.1. The molecule has 5 N–H and O–H groups in total. The van der Waals surface area contributed by atoms with Gasteiger partial charge in [0.15, 0.2) is 0 Å². The van der Waals surface area contributed by atoms with Crippen LogP contribution in [0.5, 0.6) is 11.5 Å². The number of phenols is 2. The Morgan fingerprint density at radius 1 is 0.683 bits per heavy atom. The summed E-state index contributed by atoms with van der Waals surface area (Å²) >= 11 is 1.46. The van der Waals surface area contributed by atoms with Crippen LogP contribution in [0.1, 0.15) is 144 Å². The fraction of sp³-hybridized carbons (Fsp3) is 0.639. The van der Waals surface area contributed by atoms with Gasteiger partial charge in [0, 0.05) is 16.5 Å². The molecule has 0 bridgehead atoms. The number of rotatable bonds is 16. The number of phenolic OH excluding ortho intramolecular Hbond substituents is 2. The fourth-order valence-electron chi connectivity index (χ4n) is 4.77. The molecule has 2 aromatic rings. The second-order valence-electron chi connectivity index (χ2n) is 12.6. The molecule has 2 aromatic carbocycles. The van der Waals surface area contributed by atoms with Gasteiger partial charge in [-0.25, -0.2) is 0 Å². The van der Waals surface area contributed by atoms with Crippen molar-refractivity contribution >= 4 is 11.8 Å². The molecule has 0 radical (unpaired) electrons. The van der Waals surface area contributed by atoms with Gasteiger partial charge in [-0.3, -0.25) is 0 Å². The molecule has 0 aliphatic heterocycles. The first kappa shape index (κ1) is 42.0. The summed E-state index contributed by atoms with van der Waals surface area (Å²) in [5.74, 6) is 1.24. The van der Waals surface area contributed by atoms with Crippen LogP contribution in [0.25, 0.3) is 0 Å². The minimum Gasteiger partial charge on any atom is -0.507 e. The molecule has 1 unspecified atom stereocenters. The topological polar surface area (TPSA) is 75.5 Å². The van der Waals surface area contributed by atoms with Crippen LogP contribution >= 0.6 is 11.8 Å². The number of aromatic hydroxyl groups is 2. The normalized spacial score (nSPS) is 12.0. The third-order valence-corrected chi connectivity index (χ3v) is 9.15. The molecule has 0 saturated heterocycles. The monoisotopic (exact) mass is 630 g/mol. The SMILES string of the molecule is CCCCCC(C)(C)c1ccc(O)c(Sc2cc(C(C)(C)CCCCC)ccc2O)c1.N.[CH2-]C(CC)CCCC.[Ni]. The van der Waals surface area contributed by atoms with Gasteiger partial charge < -0.3 is 23.3 Å². The van der Waals surface area contributed by atoms with Crippen LogP contribution in [0.3, 0.4) is 0 Å². The van der Waals surface area contributed by atoms with E-state index in [1.54, 1.807) is 12.1 Å². The number of benzene rings is 2. The van der Waals surface area contributed by atoms with Gasteiger partial charge in [0.05, 0.1) is 9.79 Å². The molecular formula is C36H62NNiO2S-. The molecule has 0 aliphatic carbocycles. The Kier molecular flexibility index (Phi) is 22.0. The summed E-state index contributed by atoms with van der Waals surface area (Å²) < 4.78 is 0. The van der Waals surface area contributed by atoms with Crippen molar-refractivity contribution in [3.05, 3.63) is 54.4 Å². The summed E-state index contributed by atoms with van der Waals surface area (Å²) in [6.45, 7) is 22.0. The molecule has 0 aromatic heterocycles. The van der Waals surface area contributed by atoms with Gasteiger partial charge in [0.25, 0.3) is 0 Å². The van der Waals surface area contributed by atoms with Crippen LogP contribution in [-0.4, -0.2) is 10.2 Å². The van der Waals surface area contributed by atoms with Crippen molar-refractivity contribution < 1.29 is 26.7 Å². The third-order valence-electron chi connectivity index (χ3n) is 8.06. The van der Waals surface area contributed by atoms with E-state index in [0.717, 1.165) is 22.6 Å². The largest absolute Gasteiger partial charge is 0.507 e. The predicted molar refractivity (Wildman–Crippen MR) is 178 cm³/mol. The summed E-state index contributed by atoms with van der Waals surface area (Å²) in [6, 6.07) is 11.9. The standard InChI is InChI=1S/C28H42O2S.C8H17.H3N.Ni/c1-7-9-11-17-27(3,4)21-13-15-23(29)25(19-21)31-26-20-22(14-16-24(26)30)28(5,6)18-12-10-8-2;1-4-6-7-8(3)5-2;;/h13-16,19-20,29-30H,7-12,17-18H2,1-6H3;8H,3-7H2,1-2H3;1H3;/q;-1;;. The number of unbranched alkanes of at least 4 members (excludes halogenated alkanes) is 5. The Morgan fingerprint density at radius 2 is 1.07 bits per heavy atom. The van der Waals surface area contributed by atoms with Crippen LogP contribution in [-0.2, 0) is 27.3 Å². The van der Waals surface area contributed by atoms with Gasteiger partial charge >= 0.3 is 0 Å². The summed E-state index contributed by atoms with van der Waals surface area (Å²) in [5.41, 5.74) is 2.59. The average molecular weight is 632 g/mol. The van der Waals surface area contributed by atoms with Gasteiger partial charge in [-0.15, -0.1) is 0 Å². The van der Waals surface area contributed by atoms with E-state index >= 15 is 0 Å². The van der Waals surface area contributed by atoms with Crippen LogP contribution < -0.4 is 6.15 Å². The van der Waals surface area contributed by atoms with Gasteiger partial charge in [0.1, 0.15) is 11.5 Å². The van der Waals surface area contributed by atoms with Crippen LogP contribution in [0.15, 0.2) is 46.2 Å². The molecule has 5 heteroatoms. The van der Waals surface area contributed by atoms with Gasteiger partial charge in [-0.2, -0.15) is 5.92 Å². The van der Waals surface area contributed by atoms with E-state index in [-0.39, 0.29) is 45.0 Å². The molecule has 0 saturated carbocycles. The molecule has 0 spiro atoms. The quantitative estimate of drug-likeness (QED) is 0.0979. The maximum atomic E-state index is 10.5. The molecule has 0 fully saturated rings. The molecule has 2 rings (SSSR count). The Balaban J connectivity index is 0. The van der Waals surface area contributed by atoms with E-state index in [1.165, 1.54) is 87.1 Å². The molecule has 0 heterocycles. The molecule has 0 amide bonds. The van der Waals surface area contributed by atoms with E-state index in [4.69, 9.17) is 0 Å². The summed E-state index contributed by atoms with van der Waals surface area (Å²) in [6.07, 6.45) is 14.8. The number of hydrogen-bond donors (Lipinski definition) is 3. The van der Waals surface area contributed by atoms with Crippen LogP contribution in [0.4, 0.5) is 0 Å². The minimum absolute atomic E-state index is 0. The molecule has 1 atom stereocenters. The Labute approximate surface area is 268 Å². The van der Waals surface area contributed by atoms with E-state index in [9.17, 15) is 10.2 Å². The first-order valence-corrected chi connectivity index (χ1v) is 16.4. The first-order valence-electron chi connectivity index (χ1n) is 15.6. The smallest absolute Gasteiger partial charge is 0.129 e. The van der Waals surface area contributed by atoms with Crippen LogP contribution in [0.2, 0.25) is 0 Å². The van der Waals surface area contributed by atoms with E-state index < -0.39 is 0 Å². The van der Waals surface area contributed by atoms with Crippen molar-refractivity contribution in [1.29, 1.82) is 0 Å². The van der Waals surface area contributed by atoms with Crippen molar-refractivity contribution in [2.24, 2.45) is 5.92 Å². The van der Waals surface area contributed by atoms with Crippen molar-refractivity contribution in [2.75, 3.05) is 0 Å². The maximum Gasteiger partial charge on any atom is 0.129 e. The first-order chi connectivity index (χ1) is 18.4. The molecule has 3 nitrogen and oxygen atoms in total. The molecule has 0 aliphatic rings. The van der Waals surface area contributed by atoms with Gasteiger partial charge in [0.2, 0.25) is 0 Å². The third kappa shape index (κ3) is 15.2. The average Bonchev–Trinajstić information content (AvgIpc) is 2.90. The molecular weight excluding hydrogens is 569 g/mol. The molecule has 240 valence electrons. The zero-order valence-corrected chi connectivity index (χ0v) is 29.4. The Bertz CT molecular complexity index is 891. The van der Waals surface area contributed by atoms with Crippen molar-refractivity contribution in [3.8, 4) is 11.5 Å². The van der Waals surface area contributed by atoms with Crippen LogP contribution in [0, 0.1) is 12.8 Å².